The van der Waals surface area contributed by atoms with Crippen LogP contribution in [0.15, 0.2) is 18.2 Å². The van der Waals surface area contributed by atoms with Gasteiger partial charge in [0.15, 0.2) is 5.78 Å². The van der Waals surface area contributed by atoms with Crippen LogP contribution in [0.25, 0.3) is 0 Å². The van der Waals surface area contributed by atoms with Gasteiger partial charge in [-0.25, -0.2) is 0 Å². The maximum atomic E-state index is 11.9. The number of hydrogen-bond donors (Lipinski definition) is 0. The molecule has 0 radical (unpaired) electrons. The Kier molecular flexibility index (Phi) is 4.13. The molecule has 1 heterocycles. The summed E-state index contributed by atoms with van der Waals surface area (Å²) in [6.45, 7) is 8.22. The molecule has 104 valence electrons. The summed E-state index contributed by atoms with van der Waals surface area (Å²) in [5, 5.41) is 0. The van der Waals surface area contributed by atoms with Crippen molar-refractivity contribution >= 4 is 11.5 Å². The largest absolute Gasteiger partial charge is 0.496 e. The predicted molar refractivity (Wildman–Crippen MR) is 78.2 cm³/mol. The van der Waals surface area contributed by atoms with Crippen molar-refractivity contribution in [2.45, 2.75) is 27.2 Å². The first-order chi connectivity index (χ1) is 9.04. The smallest absolute Gasteiger partial charge is 0.165 e. The van der Waals surface area contributed by atoms with E-state index in [0.717, 1.165) is 24.7 Å². The lowest BCUT2D eigenvalue weighted by molar-refractivity contribution is 0.101. The summed E-state index contributed by atoms with van der Waals surface area (Å²) in [7, 11) is 1.62. The molecule has 2 atom stereocenters. The van der Waals surface area contributed by atoms with E-state index in [2.05, 4.69) is 18.7 Å². The summed E-state index contributed by atoms with van der Waals surface area (Å²) in [5.41, 5.74) is 1.73. The average molecular weight is 261 g/mol. The summed E-state index contributed by atoms with van der Waals surface area (Å²) in [4.78, 5) is 14.3. The van der Waals surface area contributed by atoms with Crippen molar-refractivity contribution in [2.75, 3.05) is 25.1 Å². The molecule has 1 aliphatic heterocycles. The van der Waals surface area contributed by atoms with Gasteiger partial charge in [-0.1, -0.05) is 19.9 Å². The number of carbonyl (C=O) groups excluding carboxylic acids is 1. The monoisotopic (exact) mass is 261 g/mol. The van der Waals surface area contributed by atoms with Crippen LogP contribution in [-0.4, -0.2) is 26.0 Å². The molecule has 19 heavy (non-hydrogen) atoms. The molecule has 2 rings (SSSR count). The Bertz CT molecular complexity index is 470. The minimum atomic E-state index is 0.0683. The molecule has 1 fully saturated rings. The second kappa shape index (κ2) is 5.64. The maximum Gasteiger partial charge on any atom is 0.165 e. The van der Waals surface area contributed by atoms with Gasteiger partial charge in [0.2, 0.25) is 0 Å². The van der Waals surface area contributed by atoms with E-state index in [4.69, 9.17) is 4.74 Å². The lowest BCUT2D eigenvalue weighted by atomic mass is 9.88. The van der Waals surface area contributed by atoms with Crippen LogP contribution in [-0.2, 0) is 0 Å². The first kappa shape index (κ1) is 13.9. The highest BCUT2D eigenvalue weighted by Crippen LogP contribution is 2.33. The van der Waals surface area contributed by atoms with Crippen LogP contribution < -0.4 is 9.64 Å². The number of carbonyl (C=O) groups is 1. The van der Waals surface area contributed by atoms with Gasteiger partial charge >= 0.3 is 0 Å². The molecule has 0 saturated carbocycles. The Morgan fingerprint density at radius 2 is 2.05 bits per heavy atom. The van der Waals surface area contributed by atoms with Crippen LogP contribution in [0.5, 0.6) is 5.75 Å². The number of ether oxygens (including phenoxy) is 1. The fourth-order valence-electron chi connectivity index (χ4n) is 2.79. The second-order valence-electron chi connectivity index (χ2n) is 5.60. The number of methoxy groups -OCH3 is 1. The Morgan fingerprint density at radius 1 is 1.32 bits per heavy atom. The molecular weight excluding hydrogens is 238 g/mol. The molecular formula is C16H23NO2. The van der Waals surface area contributed by atoms with E-state index in [-0.39, 0.29) is 5.78 Å². The third-order valence-electron chi connectivity index (χ3n) is 4.25. The summed E-state index contributed by atoms with van der Waals surface area (Å²) in [6.07, 6.45) is 1.18. The van der Waals surface area contributed by atoms with E-state index >= 15 is 0 Å². The highest BCUT2D eigenvalue weighted by Gasteiger charge is 2.26. The number of Topliss-reactive ketones (excluding diaryl/α,β-unsaturated/α-hetero) is 1. The van der Waals surface area contributed by atoms with Gasteiger partial charge in [-0.05, 0) is 37.3 Å². The molecule has 1 aliphatic rings. The fraction of sp³-hybridized carbons (Fsp3) is 0.562. The number of ketones is 1. The normalized spacial score (nSPS) is 23.3. The summed E-state index contributed by atoms with van der Waals surface area (Å²) in [6, 6.07) is 5.85. The van der Waals surface area contributed by atoms with E-state index in [1.165, 1.54) is 6.42 Å². The quantitative estimate of drug-likeness (QED) is 0.781. The molecule has 1 saturated heterocycles. The Labute approximate surface area is 115 Å². The zero-order chi connectivity index (χ0) is 14.0. The van der Waals surface area contributed by atoms with Gasteiger partial charge < -0.3 is 9.64 Å². The zero-order valence-corrected chi connectivity index (χ0v) is 12.3. The minimum absolute atomic E-state index is 0.0683. The first-order valence-electron chi connectivity index (χ1n) is 6.97. The van der Waals surface area contributed by atoms with E-state index in [1.54, 1.807) is 14.0 Å². The molecule has 2 unspecified atom stereocenters. The molecule has 0 bridgehead atoms. The Hall–Kier alpha value is -1.51. The van der Waals surface area contributed by atoms with Crippen molar-refractivity contribution < 1.29 is 9.53 Å². The average Bonchev–Trinajstić information content (AvgIpc) is 2.40. The summed E-state index contributed by atoms with van der Waals surface area (Å²) in [5.74, 6) is 2.15. The standard InChI is InChI=1S/C16H23NO2/c1-11-8-9-17(10-12(11)2)14-6-5-7-15(19-4)16(14)13(3)18/h5-7,11-12H,8-10H2,1-4H3. The molecule has 1 aromatic carbocycles. The number of nitrogens with zero attached hydrogens (tertiary/aromatic N) is 1. The molecule has 0 spiro atoms. The lowest BCUT2D eigenvalue weighted by Gasteiger charge is -2.37. The molecule has 0 N–H and O–H groups in total. The first-order valence-corrected chi connectivity index (χ1v) is 6.97. The SMILES string of the molecule is COc1cccc(N2CCC(C)C(C)C2)c1C(C)=O. The van der Waals surface area contributed by atoms with Crippen LogP contribution >= 0.6 is 0 Å². The zero-order valence-electron chi connectivity index (χ0n) is 12.3. The van der Waals surface area contributed by atoms with E-state index in [0.29, 0.717) is 17.2 Å². The summed E-state index contributed by atoms with van der Waals surface area (Å²) < 4.78 is 5.34. The third-order valence-corrected chi connectivity index (χ3v) is 4.25. The van der Waals surface area contributed by atoms with Crippen molar-refractivity contribution in [2.24, 2.45) is 11.8 Å². The van der Waals surface area contributed by atoms with Crippen LogP contribution in [0.3, 0.4) is 0 Å². The number of anilines is 1. The van der Waals surface area contributed by atoms with E-state index in [9.17, 15) is 4.79 Å². The van der Waals surface area contributed by atoms with Crippen molar-refractivity contribution in [3.63, 3.8) is 0 Å². The third kappa shape index (κ3) is 2.75. The highest BCUT2D eigenvalue weighted by molar-refractivity contribution is 6.02. The van der Waals surface area contributed by atoms with Crippen LogP contribution in [0, 0.1) is 11.8 Å². The van der Waals surface area contributed by atoms with Gasteiger partial charge in [0.05, 0.1) is 18.4 Å². The number of benzene rings is 1. The van der Waals surface area contributed by atoms with E-state index < -0.39 is 0 Å². The molecule has 0 aromatic heterocycles. The Morgan fingerprint density at radius 3 is 2.63 bits per heavy atom. The Balaban J connectivity index is 2.37. The van der Waals surface area contributed by atoms with Crippen LogP contribution in [0.1, 0.15) is 37.6 Å². The van der Waals surface area contributed by atoms with Gasteiger partial charge in [-0.2, -0.15) is 0 Å². The van der Waals surface area contributed by atoms with Gasteiger partial charge in [-0.3, -0.25) is 4.79 Å². The number of rotatable bonds is 3. The minimum Gasteiger partial charge on any atom is -0.496 e. The second-order valence-corrected chi connectivity index (χ2v) is 5.60. The molecule has 3 nitrogen and oxygen atoms in total. The number of piperidine rings is 1. The van der Waals surface area contributed by atoms with Crippen LogP contribution in [0.2, 0.25) is 0 Å². The van der Waals surface area contributed by atoms with Crippen molar-refractivity contribution in [3.8, 4) is 5.75 Å². The predicted octanol–water partition coefficient (Wildman–Crippen LogP) is 3.38. The molecule has 3 heteroatoms. The van der Waals surface area contributed by atoms with Crippen molar-refractivity contribution in [1.29, 1.82) is 0 Å². The maximum absolute atomic E-state index is 11.9. The lowest BCUT2D eigenvalue weighted by Crippen LogP contribution is -2.39. The summed E-state index contributed by atoms with van der Waals surface area (Å²) >= 11 is 0. The topological polar surface area (TPSA) is 29.5 Å². The van der Waals surface area contributed by atoms with Gasteiger partial charge in [-0.15, -0.1) is 0 Å². The fourth-order valence-corrected chi connectivity index (χ4v) is 2.79. The van der Waals surface area contributed by atoms with Crippen molar-refractivity contribution in [1.82, 2.24) is 0 Å². The van der Waals surface area contributed by atoms with Gasteiger partial charge in [0.1, 0.15) is 5.75 Å². The number of hydrogen-bond acceptors (Lipinski definition) is 3. The molecule has 0 aliphatic carbocycles. The van der Waals surface area contributed by atoms with Gasteiger partial charge in [0, 0.05) is 13.1 Å². The molecule has 0 amide bonds. The van der Waals surface area contributed by atoms with Gasteiger partial charge in [0.25, 0.3) is 0 Å². The van der Waals surface area contributed by atoms with Crippen LogP contribution in [0.4, 0.5) is 5.69 Å². The highest BCUT2D eigenvalue weighted by atomic mass is 16.5. The molecule has 1 aromatic rings. The van der Waals surface area contributed by atoms with E-state index in [1.807, 2.05) is 18.2 Å². The van der Waals surface area contributed by atoms with Crippen molar-refractivity contribution in [3.05, 3.63) is 23.8 Å².